The van der Waals surface area contributed by atoms with Crippen molar-refractivity contribution in [3.05, 3.63) is 62.7 Å². The maximum atomic E-state index is 12.5. The van der Waals surface area contributed by atoms with Crippen LogP contribution in [-0.4, -0.2) is 0 Å². The summed E-state index contributed by atoms with van der Waals surface area (Å²) in [5, 5.41) is 3.30. The second kappa shape index (κ2) is 6.25. The molecule has 5 heteroatoms. The Labute approximate surface area is 135 Å². The monoisotopic (exact) mass is 405 g/mol. The molecule has 0 aliphatic heterocycles. The highest BCUT2D eigenvalue weighted by Gasteiger charge is 2.30. The van der Waals surface area contributed by atoms with E-state index < -0.39 is 11.7 Å². The molecule has 2 rings (SSSR count). The van der Waals surface area contributed by atoms with E-state index in [1.807, 2.05) is 32.0 Å². The van der Waals surface area contributed by atoms with Crippen molar-refractivity contribution in [2.75, 3.05) is 5.32 Å². The minimum absolute atomic E-state index is 0.0641. The fourth-order valence-electron chi connectivity index (χ4n) is 1.98. The predicted octanol–water partition coefficient (Wildman–Crippen LogP) is 5.79. The van der Waals surface area contributed by atoms with Crippen LogP contribution in [-0.2, 0) is 6.18 Å². The Kier molecular flexibility index (Phi) is 4.81. The molecule has 1 N–H and O–H groups in total. The molecule has 0 aliphatic rings. The first-order valence-corrected chi connectivity index (χ1v) is 7.55. The number of nitrogens with one attached hydrogen (secondary N) is 1. The third-order valence-electron chi connectivity index (χ3n) is 3.29. The first-order chi connectivity index (χ1) is 9.77. The molecule has 0 heterocycles. The summed E-state index contributed by atoms with van der Waals surface area (Å²) in [6.45, 7) is 3.96. The normalized spacial score (nSPS) is 13.0. The van der Waals surface area contributed by atoms with Gasteiger partial charge in [0.15, 0.2) is 0 Å². The van der Waals surface area contributed by atoms with E-state index in [1.165, 1.54) is 17.7 Å². The maximum absolute atomic E-state index is 12.5. The van der Waals surface area contributed by atoms with E-state index >= 15 is 0 Å². The van der Waals surface area contributed by atoms with Crippen LogP contribution in [0.4, 0.5) is 18.9 Å². The van der Waals surface area contributed by atoms with Gasteiger partial charge < -0.3 is 5.32 Å². The van der Waals surface area contributed by atoms with E-state index in [4.69, 9.17) is 0 Å². The van der Waals surface area contributed by atoms with Gasteiger partial charge in [0.2, 0.25) is 0 Å². The van der Waals surface area contributed by atoms with E-state index in [0.717, 1.165) is 27.0 Å². The zero-order chi connectivity index (χ0) is 15.6. The van der Waals surface area contributed by atoms with E-state index in [1.54, 1.807) is 0 Å². The Balaban J connectivity index is 2.13. The average molecular weight is 405 g/mol. The Bertz CT molecular complexity index is 620. The van der Waals surface area contributed by atoms with Crippen molar-refractivity contribution in [2.24, 2.45) is 0 Å². The third kappa shape index (κ3) is 4.12. The molecule has 2 aromatic rings. The number of halogens is 4. The quantitative estimate of drug-likeness (QED) is 0.638. The van der Waals surface area contributed by atoms with E-state index in [9.17, 15) is 13.2 Å². The zero-order valence-electron chi connectivity index (χ0n) is 11.6. The molecule has 0 aliphatic carbocycles. The van der Waals surface area contributed by atoms with E-state index in [-0.39, 0.29) is 6.04 Å². The third-order valence-corrected chi connectivity index (χ3v) is 4.46. The van der Waals surface area contributed by atoms with Crippen molar-refractivity contribution in [2.45, 2.75) is 26.1 Å². The molecule has 0 spiro atoms. The van der Waals surface area contributed by atoms with Gasteiger partial charge in [-0.15, -0.1) is 0 Å². The minimum Gasteiger partial charge on any atom is -0.378 e. The Morgan fingerprint density at radius 2 is 1.67 bits per heavy atom. The molecule has 2 aromatic carbocycles. The minimum atomic E-state index is -4.29. The first-order valence-electron chi connectivity index (χ1n) is 6.47. The fourth-order valence-corrected chi connectivity index (χ4v) is 2.49. The summed E-state index contributed by atoms with van der Waals surface area (Å²) >= 11 is 2.26. The average Bonchev–Trinajstić information content (AvgIpc) is 2.42. The highest BCUT2D eigenvalue weighted by Crippen LogP contribution is 2.30. The topological polar surface area (TPSA) is 12.0 Å². The van der Waals surface area contributed by atoms with Gasteiger partial charge in [0.1, 0.15) is 0 Å². The molecule has 1 atom stereocenters. The van der Waals surface area contributed by atoms with Gasteiger partial charge in [-0.05, 0) is 71.8 Å². The largest absolute Gasteiger partial charge is 0.416 e. The fraction of sp³-hybridized carbons (Fsp3) is 0.250. The van der Waals surface area contributed by atoms with Crippen molar-refractivity contribution in [3.63, 3.8) is 0 Å². The molecule has 0 aromatic heterocycles. The number of rotatable bonds is 3. The van der Waals surface area contributed by atoms with Gasteiger partial charge in [-0.2, -0.15) is 13.2 Å². The van der Waals surface area contributed by atoms with Crippen molar-refractivity contribution in [1.29, 1.82) is 0 Å². The zero-order valence-corrected chi connectivity index (χ0v) is 13.8. The van der Waals surface area contributed by atoms with Gasteiger partial charge in [-0.3, -0.25) is 0 Å². The van der Waals surface area contributed by atoms with E-state index in [0.29, 0.717) is 0 Å². The standard InChI is InChI=1S/C16H15F3IN/c1-10-3-8-14(9-15(10)20)21-11(2)12-4-6-13(7-5-12)16(17,18)19/h3-9,11,21H,1-2H3. The molecule has 0 saturated carbocycles. The number of aryl methyl sites for hydroxylation is 1. The Hall–Kier alpha value is -1.24. The van der Waals surface area contributed by atoms with Gasteiger partial charge in [0, 0.05) is 15.3 Å². The van der Waals surface area contributed by atoms with Crippen LogP contribution in [0.25, 0.3) is 0 Å². The number of hydrogen-bond donors (Lipinski definition) is 1. The lowest BCUT2D eigenvalue weighted by Gasteiger charge is -2.17. The maximum Gasteiger partial charge on any atom is 0.416 e. The van der Waals surface area contributed by atoms with Crippen LogP contribution in [0.2, 0.25) is 0 Å². The van der Waals surface area contributed by atoms with Crippen LogP contribution in [0, 0.1) is 10.5 Å². The summed E-state index contributed by atoms with van der Waals surface area (Å²) in [5.41, 5.74) is 2.35. The van der Waals surface area contributed by atoms with Crippen LogP contribution >= 0.6 is 22.6 Å². The van der Waals surface area contributed by atoms with Crippen molar-refractivity contribution in [1.82, 2.24) is 0 Å². The molecular weight excluding hydrogens is 390 g/mol. The van der Waals surface area contributed by atoms with Crippen LogP contribution in [0.3, 0.4) is 0 Å². The number of benzene rings is 2. The van der Waals surface area contributed by atoms with Crippen LogP contribution < -0.4 is 5.32 Å². The molecule has 0 fully saturated rings. The van der Waals surface area contributed by atoms with Crippen LogP contribution in [0.5, 0.6) is 0 Å². The highest BCUT2D eigenvalue weighted by atomic mass is 127. The van der Waals surface area contributed by atoms with Crippen LogP contribution in [0.1, 0.15) is 29.7 Å². The Morgan fingerprint density at radius 1 is 1.05 bits per heavy atom. The summed E-state index contributed by atoms with van der Waals surface area (Å²) in [4.78, 5) is 0. The Morgan fingerprint density at radius 3 is 2.19 bits per heavy atom. The summed E-state index contributed by atoms with van der Waals surface area (Å²) in [7, 11) is 0. The smallest absolute Gasteiger partial charge is 0.378 e. The van der Waals surface area contributed by atoms with Gasteiger partial charge in [-0.25, -0.2) is 0 Å². The lowest BCUT2D eigenvalue weighted by molar-refractivity contribution is -0.137. The number of anilines is 1. The highest BCUT2D eigenvalue weighted by molar-refractivity contribution is 14.1. The molecule has 1 unspecified atom stereocenters. The van der Waals surface area contributed by atoms with Crippen molar-refractivity contribution >= 4 is 28.3 Å². The second-order valence-electron chi connectivity index (χ2n) is 4.95. The van der Waals surface area contributed by atoms with Crippen molar-refractivity contribution < 1.29 is 13.2 Å². The summed E-state index contributed by atoms with van der Waals surface area (Å²) in [5.74, 6) is 0. The molecule has 0 bridgehead atoms. The number of hydrogen-bond acceptors (Lipinski definition) is 1. The first kappa shape index (κ1) is 16.1. The predicted molar refractivity (Wildman–Crippen MR) is 87.4 cm³/mol. The van der Waals surface area contributed by atoms with Gasteiger partial charge in [0.25, 0.3) is 0 Å². The van der Waals surface area contributed by atoms with Crippen LogP contribution in [0.15, 0.2) is 42.5 Å². The van der Waals surface area contributed by atoms with Gasteiger partial charge in [0.05, 0.1) is 5.56 Å². The van der Waals surface area contributed by atoms with Gasteiger partial charge >= 0.3 is 6.18 Å². The molecule has 1 nitrogen and oxygen atoms in total. The molecule has 0 saturated heterocycles. The molecule has 0 radical (unpaired) electrons. The second-order valence-corrected chi connectivity index (χ2v) is 6.11. The molecule has 21 heavy (non-hydrogen) atoms. The summed E-state index contributed by atoms with van der Waals surface area (Å²) < 4.78 is 38.8. The lowest BCUT2D eigenvalue weighted by atomic mass is 10.1. The van der Waals surface area contributed by atoms with Gasteiger partial charge in [-0.1, -0.05) is 18.2 Å². The van der Waals surface area contributed by atoms with Crippen molar-refractivity contribution in [3.8, 4) is 0 Å². The summed E-state index contributed by atoms with van der Waals surface area (Å²) in [6.07, 6.45) is -4.29. The SMILES string of the molecule is Cc1ccc(NC(C)c2ccc(C(F)(F)F)cc2)cc1I. The number of alkyl halides is 3. The molecule has 112 valence electrons. The lowest BCUT2D eigenvalue weighted by Crippen LogP contribution is -2.09. The summed E-state index contributed by atoms with van der Waals surface area (Å²) in [6, 6.07) is 11.2. The van der Waals surface area contributed by atoms with E-state index in [2.05, 4.69) is 27.9 Å². The molecule has 0 amide bonds. The molecular formula is C16H15F3IN.